The fourth-order valence-corrected chi connectivity index (χ4v) is 3.24. The third-order valence-electron chi connectivity index (χ3n) is 4.96. The van der Waals surface area contributed by atoms with E-state index in [9.17, 15) is 0 Å². The number of furan rings is 1. The fourth-order valence-electron chi connectivity index (χ4n) is 3.24. The Morgan fingerprint density at radius 1 is 0.719 bits per heavy atom. The van der Waals surface area contributed by atoms with Crippen LogP contribution in [0, 0.1) is 10.8 Å². The normalized spacial score (nSPS) is 10.8. The van der Waals surface area contributed by atoms with Crippen molar-refractivity contribution in [3.05, 3.63) is 83.9 Å². The molecule has 1 heterocycles. The second kappa shape index (κ2) is 9.26. The summed E-state index contributed by atoms with van der Waals surface area (Å²) in [5.74, 6) is 2.33. The highest BCUT2D eigenvalue weighted by Crippen LogP contribution is 2.29. The van der Waals surface area contributed by atoms with E-state index in [0.717, 1.165) is 40.2 Å². The molecule has 0 aliphatic carbocycles. The first kappa shape index (κ1) is 21.0. The smallest absolute Gasteiger partial charge is 0.135 e. The van der Waals surface area contributed by atoms with Gasteiger partial charge in [-0.25, -0.2) is 0 Å². The van der Waals surface area contributed by atoms with E-state index < -0.39 is 0 Å². The number of ether oxygens (including phenoxy) is 2. The highest BCUT2D eigenvalue weighted by Gasteiger charge is 2.08. The molecule has 0 fully saturated rings. The molecular weight excluding hydrogens is 404 g/mol. The number of hydrogen-bond donors (Lipinski definition) is 4. The molecule has 0 aliphatic heterocycles. The molecular formula is C25H24N4O3. The molecule has 0 atom stereocenters. The Bertz CT molecular complexity index is 1240. The minimum Gasteiger partial charge on any atom is -0.493 e. The Labute approximate surface area is 185 Å². The van der Waals surface area contributed by atoms with E-state index in [4.69, 9.17) is 36.2 Å². The molecule has 0 saturated heterocycles. The number of benzene rings is 3. The molecule has 0 aliphatic rings. The van der Waals surface area contributed by atoms with Crippen LogP contribution < -0.4 is 20.9 Å². The van der Waals surface area contributed by atoms with Gasteiger partial charge in [-0.05, 0) is 72.8 Å². The lowest BCUT2D eigenvalue weighted by atomic mass is 10.1. The van der Waals surface area contributed by atoms with Crippen molar-refractivity contribution in [1.82, 2.24) is 0 Å². The summed E-state index contributed by atoms with van der Waals surface area (Å²) in [6.45, 7) is 1.06. The second-order valence-electron chi connectivity index (χ2n) is 7.29. The van der Waals surface area contributed by atoms with E-state index in [1.54, 1.807) is 30.3 Å². The van der Waals surface area contributed by atoms with Crippen molar-refractivity contribution in [2.45, 2.75) is 6.42 Å². The lowest BCUT2D eigenvalue weighted by Gasteiger charge is -2.09. The molecule has 3 aromatic carbocycles. The largest absolute Gasteiger partial charge is 0.493 e. The fraction of sp³-hybridized carbons (Fsp3) is 0.120. The monoisotopic (exact) mass is 428 g/mol. The minimum atomic E-state index is 0.0347. The number of hydrogen-bond acceptors (Lipinski definition) is 5. The lowest BCUT2D eigenvalue weighted by molar-refractivity contribution is 0.247. The van der Waals surface area contributed by atoms with Crippen LogP contribution >= 0.6 is 0 Å². The topological polar surface area (TPSA) is 131 Å². The molecule has 162 valence electrons. The Balaban J connectivity index is 1.28. The van der Waals surface area contributed by atoms with Crippen LogP contribution in [0.5, 0.6) is 11.5 Å². The second-order valence-corrected chi connectivity index (χ2v) is 7.29. The Morgan fingerprint density at radius 3 is 1.88 bits per heavy atom. The molecule has 0 amide bonds. The van der Waals surface area contributed by atoms with Crippen molar-refractivity contribution in [2.24, 2.45) is 11.5 Å². The summed E-state index contributed by atoms with van der Waals surface area (Å²) in [4.78, 5) is 0. The highest BCUT2D eigenvalue weighted by atomic mass is 16.5. The first-order valence-corrected chi connectivity index (χ1v) is 10.2. The maximum absolute atomic E-state index is 7.57. The van der Waals surface area contributed by atoms with Crippen LogP contribution in [0.2, 0.25) is 0 Å². The van der Waals surface area contributed by atoms with Gasteiger partial charge in [0.15, 0.2) is 0 Å². The van der Waals surface area contributed by atoms with Crippen LogP contribution in [-0.2, 0) is 0 Å². The van der Waals surface area contributed by atoms with Gasteiger partial charge < -0.3 is 25.4 Å². The van der Waals surface area contributed by atoms with Gasteiger partial charge in [0.1, 0.15) is 34.5 Å². The van der Waals surface area contributed by atoms with Gasteiger partial charge in [0.25, 0.3) is 0 Å². The summed E-state index contributed by atoms with van der Waals surface area (Å²) in [5.41, 5.74) is 14.0. The third-order valence-corrected chi connectivity index (χ3v) is 4.96. The molecule has 1 aromatic heterocycles. The molecule has 4 aromatic rings. The van der Waals surface area contributed by atoms with Crippen molar-refractivity contribution >= 4 is 22.6 Å². The van der Waals surface area contributed by atoms with E-state index >= 15 is 0 Å². The molecule has 7 heteroatoms. The van der Waals surface area contributed by atoms with Gasteiger partial charge in [0.05, 0.1) is 13.2 Å². The first-order valence-electron chi connectivity index (χ1n) is 10.2. The summed E-state index contributed by atoms with van der Waals surface area (Å²) in [6.07, 6.45) is 0.734. The van der Waals surface area contributed by atoms with Crippen LogP contribution in [0.25, 0.3) is 22.3 Å². The average Bonchev–Trinajstić information content (AvgIpc) is 3.23. The molecule has 32 heavy (non-hydrogen) atoms. The molecule has 7 nitrogen and oxygen atoms in total. The number of nitrogens with two attached hydrogens (primary N) is 2. The van der Waals surface area contributed by atoms with Gasteiger partial charge in [0.2, 0.25) is 0 Å². The lowest BCUT2D eigenvalue weighted by Crippen LogP contribution is -2.10. The quantitative estimate of drug-likeness (QED) is 0.177. The maximum Gasteiger partial charge on any atom is 0.135 e. The van der Waals surface area contributed by atoms with E-state index in [1.165, 1.54) is 0 Å². The zero-order valence-corrected chi connectivity index (χ0v) is 17.4. The molecule has 6 N–H and O–H groups in total. The van der Waals surface area contributed by atoms with Crippen molar-refractivity contribution in [1.29, 1.82) is 10.8 Å². The Hall–Kier alpha value is -4.26. The number of nitrogen functional groups attached to an aromatic ring is 2. The zero-order chi connectivity index (χ0) is 22.5. The molecule has 0 spiro atoms. The van der Waals surface area contributed by atoms with Gasteiger partial charge in [-0.1, -0.05) is 0 Å². The van der Waals surface area contributed by atoms with Crippen molar-refractivity contribution in [2.75, 3.05) is 13.2 Å². The van der Waals surface area contributed by atoms with Crippen LogP contribution in [0.4, 0.5) is 0 Å². The van der Waals surface area contributed by atoms with Gasteiger partial charge in [-0.2, -0.15) is 0 Å². The van der Waals surface area contributed by atoms with Gasteiger partial charge in [-0.3, -0.25) is 10.8 Å². The molecule has 0 unspecified atom stereocenters. The summed E-state index contributed by atoms with van der Waals surface area (Å²) < 4.78 is 17.4. The van der Waals surface area contributed by atoms with E-state index in [0.29, 0.717) is 24.3 Å². The van der Waals surface area contributed by atoms with Gasteiger partial charge in [0, 0.05) is 28.5 Å². The number of nitrogens with one attached hydrogen (secondary N) is 2. The Kier molecular flexibility index (Phi) is 6.07. The number of amidine groups is 2. The van der Waals surface area contributed by atoms with Crippen LogP contribution in [-0.4, -0.2) is 24.9 Å². The van der Waals surface area contributed by atoms with Crippen LogP contribution in [0.3, 0.4) is 0 Å². The zero-order valence-electron chi connectivity index (χ0n) is 17.4. The number of fused-ring (bicyclic) bond motifs is 1. The van der Waals surface area contributed by atoms with E-state index in [1.807, 2.05) is 42.5 Å². The predicted molar refractivity (Wildman–Crippen MR) is 126 cm³/mol. The first-order chi connectivity index (χ1) is 15.5. The SMILES string of the molecule is N=C(N)c1ccc(OCCCOc2ccc(-c3cc4cc(C(=N)N)ccc4o3)cc2)cc1. The molecule has 0 saturated carbocycles. The van der Waals surface area contributed by atoms with Crippen LogP contribution in [0.15, 0.2) is 77.2 Å². The van der Waals surface area contributed by atoms with Crippen LogP contribution in [0.1, 0.15) is 17.5 Å². The summed E-state index contributed by atoms with van der Waals surface area (Å²) in [5, 5.41) is 15.9. The standard InChI is InChI=1S/C25H24N4O3/c26-24(27)17-4-9-21(10-5-17)31-13-1-12-30-20-7-2-16(3-8-20)23-15-19-14-18(25(28)29)6-11-22(19)32-23/h2-11,14-15H,1,12-13H2,(H3,26,27)(H3,28,29). The maximum atomic E-state index is 7.57. The molecule has 0 radical (unpaired) electrons. The Morgan fingerprint density at radius 2 is 1.28 bits per heavy atom. The number of rotatable bonds is 9. The summed E-state index contributed by atoms with van der Waals surface area (Å²) in [6, 6.07) is 22.2. The van der Waals surface area contributed by atoms with Crippen molar-refractivity contribution in [3.8, 4) is 22.8 Å². The predicted octanol–water partition coefficient (Wildman–Crippen LogP) is 4.52. The van der Waals surface area contributed by atoms with Crippen molar-refractivity contribution < 1.29 is 13.9 Å². The third kappa shape index (κ3) is 4.89. The van der Waals surface area contributed by atoms with Gasteiger partial charge >= 0.3 is 0 Å². The summed E-state index contributed by atoms with van der Waals surface area (Å²) >= 11 is 0. The van der Waals surface area contributed by atoms with E-state index in [-0.39, 0.29) is 11.7 Å². The van der Waals surface area contributed by atoms with E-state index in [2.05, 4.69) is 0 Å². The minimum absolute atomic E-state index is 0.0347. The highest BCUT2D eigenvalue weighted by molar-refractivity contribution is 5.99. The summed E-state index contributed by atoms with van der Waals surface area (Å²) in [7, 11) is 0. The molecule has 4 rings (SSSR count). The average molecular weight is 428 g/mol. The molecule has 0 bridgehead atoms. The van der Waals surface area contributed by atoms with Gasteiger partial charge in [-0.15, -0.1) is 0 Å². The van der Waals surface area contributed by atoms with Crippen molar-refractivity contribution in [3.63, 3.8) is 0 Å².